The van der Waals surface area contributed by atoms with Gasteiger partial charge < -0.3 is 10.1 Å². The minimum absolute atomic E-state index is 0.00738. The summed E-state index contributed by atoms with van der Waals surface area (Å²) in [5.41, 5.74) is -1.25. The van der Waals surface area contributed by atoms with Gasteiger partial charge in [-0.05, 0) is 12.1 Å². The SMILES string of the molecule is O=C(N[C@H]1COc2ccccc2C1=O)c1c(F)c(F)cc(F)c1F. The maximum absolute atomic E-state index is 13.6. The maximum atomic E-state index is 13.6. The Morgan fingerprint density at radius 2 is 1.71 bits per heavy atom. The van der Waals surface area contributed by atoms with Gasteiger partial charge in [0.1, 0.15) is 24.0 Å². The van der Waals surface area contributed by atoms with Crippen molar-refractivity contribution < 1.29 is 31.9 Å². The summed E-state index contributed by atoms with van der Waals surface area (Å²) in [5.74, 6) is -8.78. The van der Waals surface area contributed by atoms with Crippen LogP contribution in [-0.4, -0.2) is 24.3 Å². The van der Waals surface area contributed by atoms with Gasteiger partial charge in [0, 0.05) is 6.07 Å². The molecule has 0 saturated carbocycles. The molecule has 2 aromatic rings. The molecule has 1 atom stereocenters. The molecule has 1 N–H and O–H groups in total. The zero-order valence-corrected chi connectivity index (χ0v) is 11.9. The predicted molar refractivity (Wildman–Crippen MR) is 73.8 cm³/mol. The Labute approximate surface area is 133 Å². The summed E-state index contributed by atoms with van der Waals surface area (Å²) in [7, 11) is 0. The Morgan fingerprint density at radius 1 is 1.08 bits per heavy atom. The molecule has 0 bridgehead atoms. The van der Waals surface area contributed by atoms with Crippen LogP contribution in [-0.2, 0) is 0 Å². The van der Waals surface area contributed by atoms with Crippen LogP contribution in [0.2, 0.25) is 0 Å². The van der Waals surface area contributed by atoms with Gasteiger partial charge in [0.2, 0.25) is 0 Å². The Morgan fingerprint density at radius 3 is 2.38 bits per heavy atom. The van der Waals surface area contributed by atoms with E-state index in [0.717, 1.165) is 0 Å². The van der Waals surface area contributed by atoms with E-state index in [4.69, 9.17) is 4.74 Å². The first kappa shape index (κ1) is 16.0. The van der Waals surface area contributed by atoms with Crippen molar-refractivity contribution in [2.24, 2.45) is 0 Å². The Kier molecular flexibility index (Phi) is 3.96. The highest BCUT2D eigenvalue weighted by Crippen LogP contribution is 2.25. The van der Waals surface area contributed by atoms with Crippen LogP contribution in [0.4, 0.5) is 17.6 Å². The third-order valence-corrected chi connectivity index (χ3v) is 3.52. The average Bonchev–Trinajstić information content (AvgIpc) is 2.56. The summed E-state index contributed by atoms with van der Waals surface area (Å²) >= 11 is 0. The first-order chi connectivity index (χ1) is 11.4. The van der Waals surface area contributed by atoms with Gasteiger partial charge >= 0.3 is 0 Å². The van der Waals surface area contributed by atoms with E-state index in [2.05, 4.69) is 0 Å². The third-order valence-electron chi connectivity index (χ3n) is 3.52. The van der Waals surface area contributed by atoms with Crippen LogP contribution in [0.15, 0.2) is 30.3 Å². The van der Waals surface area contributed by atoms with Crippen molar-refractivity contribution in [2.75, 3.05) is 6.61 Å². The van der Waals surface area contributed by atoms with Gasteiger partial charge in [-0.15, -0.1) is 0 Å². The minimum atomic E-state index is -1.84. The second-order valence-corrected chi connectivity index (χ2v) is 5.04. The van der Waals surface area contributed by atoms with Gasteiger partial charge in [0.05, 0.1) is 5.56 Å². The summed E-state index contributed by atoms with van der Waals surface area (Å²) in [5, 5.41) is 2.04. The quantitative estimate of drug-likeness (QED) is 0.676. The van der Waals surface area contributed by atoms with Crippen molar-refractivity contribution in [3.05, 3.63) is 64.7 Å². The molecule has 24 heavy (non-hydrogen) atoms. The van der Waals surface area contributed by atoms with E-state index in [1.807, 2.05) is 5.32 Å². The van der Waals surface area contributed by atoms with Crippen molar-refractivity contribution >= 4 is 11.7 Å². The molecule has 0 saturated heterocycles. The van der Waals surface area contributed by atoms with Gasteiger partial charge in [-0.2, -0.15) is 0 Å². The molecule has 2 aromatic carbocycles. The van der Waals surface area contributed by atoms with E-state index in [0.29, 0.717) is 5.75 Å². The van der Waals surface area contributed by atoms with Gasteiger partial charge in [0.25, 0.3) is 5.91 Å². The largest absolute Gasteiger partial charge is 0.490 e. The number of hydrogen-bond donors (Lipinski definition) is 1. The summed E-state index contributed by atoms with van der Waals surface area (Å²) in [4.78, 5) is 24.2. The molecule has 0 aromatic heterocycles. The van der Waals surface area contributed by atoms with Crippen molar-refractivity contribution in [1.82, 2.24) is 5.32 Å². The van der Waals surface area contributed by atoms with Crippen molar-refractivity contribution in [2.45, 2.75) is 6.04 Å². The van der Waals surface area contributed by atoms with Crippen molar-refractivity contribution in [3.8, 4) is 5.75 Å². The van der Waals surface area contributed by atoms with Crippen LogP contribution < -0.4 is 10.1 Å². The number of ether oxygens (including phenoxy) is 1. The predicted octanol–water partition coefficient (Wildman–Crippen LogP) is 2.62. The number of fused-ring (bicyclic) bond motifs is 1. The molecule has 0 fully saturated rings. The first-order valence-corrected chi connectivity index (χ1v) is 6.80. The molecule has 4 nitrogen and oxygen atoms in total. The van der Waals surface area contributed by atoms with Gasteiger partial charge in [-0.1, -0.05) is 12.1 Å². The number of hydrogen-bond acceptors (Lipinski definition) is 3. The number of carbonyl (C=O) groups is 2. The fraction of sp³-hybridized carbons (Fsp3) is 0.125. The van der Waals surface area contributed by atoms with E-state index in [1.54, 1.807) is 18.2 Å². The molecule has 0 unspecified atom stereocenters. The van der Waals surface area contributed by atoms with Gasteiger partial charge in [0.15, 0.2) is 29.1 Å². The molecule has 3 rings (SSSR count). The number of nitrogens with one attached hydrogen (secondary N) is 1. The molecule has 0 aliphatic carbocycles. The molecular weight excluding hydrogens is 330 g/mol. The van der Waals surface area contributed by atoms with E-state index >= 15 is 0 Å². The molecule has 0 radical (unpaired) electrons. The van der Waals surface area contributed by atoms with Crippen molar-refractivity contribution in [3.63, 3.8) is 0 Å². The lowest BCUT2D eigenvalue weighted by Gasteiger charge is -2.24. The molecule has 1 aliphatic heterocycles. The lowest BCUT2D eigenvalue weighted by Crippen LogP contribution is -2.47. The topological polar surface area (TPSA) is 55.4 Å². The van der Waals surface area contributed by atoms with E-state index < -0.39 is 46.6 Å². The molecule has 0 spiro atoms. The van der Waals surface area contributed by atoms with E-state index in [1.165, 1.54) is 6.07 Å². The van der Waals surface area contributed by atoms with Crippen LogP contribution in [0.1, 0.15) is 20.7 Å². The second kappa shape index (κ2) is 5.95. The number of para-hydroxylation sites is 1. The highest BCUT2D eigenvalue weighted by atomic mass is 19.2. The number of benzene rings is 2. The Hall–Kier alpha value is -2.90. The molecule has 1 aliphatic rings. The standard InChI is InChI=1S/C16H9F4NO3/c17-8-5-9(18)14(20)12(13(8)19)16(23)21-10-6-24-11-4-2-1-3-7(11)15(10)22/h1-5,10H,6H2,(H,21,23)/t10-/m0/s1. The van der Waals surface area contributed by atoms with Crippen molar-refractivity contribution in [1.29, 1.82) is 0 Å². The fourth-order valence-corrected chi connectivity index (χ4v) is 2.34. The molecular formula is C16H9F4NO3. The zero-order chi connectivity index (χ0) is 17.4. The van der Waals surface area contributed by atoms with Crippen LogP contribution in [0.5, 0.6) is 5.75 Å². The monoisotopic (exact) mass is 339 g/mol. The lowest BCUT2D eigenvalue weighted by molar-refractivity contribution is 0.0790. The number of Topliss-reactive ketones (excluding diaryl/α,β-unsaturated/α-hetero) is 1. The highest BCUT2D eigenvalue weighted by Gasteiger charge is 2.32. The molecule has 8 heteroatoms. The normalized spacial score (nSPS) is 16.3. The van der Waals surface area contributed by atoms with Crippen LogP contribution in [0, 0.1) is 23.3 Å². The van der Waals surface area contributed by atoms with Gasteiger partial charge in [-0.25, -0.2) is 17.6 Å². The first-order valence-electron chi connectivity index (χ1n) is 6.80. The smallest absolute Gasteiger partial charge is 0.258 e. The summed E-state index contributed by atoms with van der Waals surface area (Å²) in [6.45, 7) is -0.275. The van der Waals surface area contributed by atoms with Crippen LogP contribution in [0.25, 0.3) is 0 Å². The zero-order valence-electron chi connectivity index (χ0n) is 11.9. The van der Waals surface area contributed by atoms with Gasteiger partial charge in [-0.3, -0.25) is 9.59 Å². The third kappa shape index (κ3) is 2.60. The fourth-order valence-electron chi connectivity index (χ4n) is 2.34. The second-order valence-electron chi connectivity index (χ2n) is 5.04. The van der Waals surface area contributed by atoms with E-state index in [9.17, 15) is 27.2 Å². The maximum Gasteiger partial charge on any atom is 0.258 e. The minimum Gasteiger partial charge on any atom is -0.490 e. The molecule has 124 valence electrons. The molecule has 1 amide bonds. The lowest BCUT2D eigenvalue weighted by atomic mass is 10.0. The number of rotatable bonds is 2. The van der Waals surface area contributed by atoms with Crippen LogP contribution in [0.3, 0.4) is 0 Å². The summed E-state index contributed by atoms with van der Waals surface area (Å²) in [6.07, 6.45) is 0. The molecule has 1 heterocycles. The van der Waals surface area contributed by atoms with Crippen LogP contribution >= 0.6 is 0 Å². The number of carbonyl (C=O) groups excluding carboxylic acids is 2. The average molecular weight is 339 g/mol. The highest BCUT2D eigenvalue weighted by molar-refractivity contribution is 6.06. The Balaban J connectivity index is 1.88. The summed E-state index contributed by atoms with van der Waals surface area (Å²) < 4.78 is 58.9. The van der Waals surface area contributed by atoms with E-state index in [-0.39, 0.29) is 18.2 Å². The number of halogens is 4. The number of amides is 1. The number of ketones is 1. The Bertz CT molecular complexity index is 827. The summed E-state index contributed by atoms with van der Waals surface area (Å²) in [6, 6.07) is 4.98.